The molecule has 0 saturated carbocycles. The Morgan fingerprint density at radius 3 is 2.35 bits per heavy atom. The van der Waals surface area contributed by atoms with Crippen LogP contribution in [0.3, 0.4) is 0 Å². The standard InChI is InChI=1S/C24H26BrNO5/c1-24(2,3)31-23(29)26-20(27)14-18(13-17-11-7-8-12-19(17)25)21(26)22(28)30-15-16-9-5-4-6-10-16/h4-12,18,21H,13-15H2,1-3H3. The van der Waals surface area contributed by atoms with Crippen molar-refractivity contribution in [2.24, 2.45) is 5.92 Å². The van der Waals surface area contributed by atoms with Crippen molar-refractivity contribution in [1.82, 2.24) is 4.90 Å². The van der Waals surface area contributed by atoms with Gasteiger partial charge in [0.15, 0.2) is 0 Å². The molecule has 1 aliphatic rings. The highest BCUT2D eigenvalue weighted by molar-refractivity contribution is 9.10. The Hall–Kier alpha value is -2.67. The van der Waals surface area contributed by atoms with Crippen LogP contribution in [-0.2, 0) is 32.1 Å². The van der Waals surface area contributed by atoms with Gasteiger partial charge in [-0.3, -0.25) is 4.79 Å². The summed E-state index contributed by atoms with van der Waals surface area (Å²) < 4.78 is 11.8. The fourth-order valence-electron chi connectivity index (χ4n) is 3.57. The topological polar surface area (TPSA) is 72.9 Å². The zero-order valence-corrected chi connectivity index (χ0v) is 19.4. The van der Waals surface area contributed by atoms with Gasteiger partial charge in [-0.05, 0) is 44.4 Å². The average molecular weight is 488 g/mol. The number of rotatable bonds is 5. The van der Waals surface area contributed by atoms with Crippen LogP contribution in [-0.4, -0.2) is 34.5 Å². The van der Waals surface area contributed by atoms with Crippen molar-refractivity contribution in [3.05, 3.63) is 70.2 Å². The molecule has 2 unspecified atom stereocenters. The summed E-state index contributed by atoms with van der Waals surface area (Å²) in [5.41, 5.74) is 0.981. The number of hydrogen-bond acceptors (Lipinski definition) is 5. The van der Waals surface area contributed by atoms with Crippen molar-refractivity contribution in [2.75, 3.05) is 0 Å². The van der Waals surface area contributed by atoms with Crippen molar-refractivity contribution in [1.29, 1.82) is 0 Å². The number of halogens is 1. The first-order valence-electron chi connectivity index (χ1n) is 10.1. The molecular formula is C24H26BrNO5. The van der Waals surface area contributed by atoms with Gasteiger partial charge in [-0.25, -0.2) is 14.5 Å². The summed E-state index contributed by atoms with van der Waals surface area (Å²) in [7, 11) is 0. The van der Waals surface area contributed by atoms with Crippen LogP contribution in [0.4, 0.5) is 4.79 Å². The number of benzene rings is 2. The van der Waals surface area contributed by atoms with Crippen LogP contribution >= 0.6 is 15.9 Å². The van der Waals surface area contributed by atoms with Crippen LogP contribution in [0.15, 0.2) is 59.1 Å². The van der Waals surface area contributed by atoms with Gasteiger partial charge in [-0.2, -0.15) is 0 Å². The van der Waals surface area contributed by atoms with Gasteiger partial charge in [0.1, 0.15) is 18.2 Å². The van der Waals surface area contributed by atoms with E-state index in [0.717, 1.165) is 20.5 Å². The van der Waals surface area contributed by atoms with Gasteiger partial charge in [0, 0.05) is 16.8 Å². The smallest absolute Gasteiger partial charge is 0.417 e. The Labute approximate surface area is 190 Å². The number of likely N-dealkylation sites (tertiary alicyclic amines) is 1. The molecule has 31 heavy (non-hydrogen) atoms. The summed E-state index contributed by atoms with van der Waals surface area (Å²) >= 11 is 3.51. The molecule has 2 atom stereocenters. The minimum atomic E-state index is -1.04. The van der Waals surface area contributed by atoms with Crippen molar-refractivity contribution >= 4 is 33.9 Å². The van der Waals surface area contributed by atoms with E-state index >= 15 is 0 Å². The first-order valence-corrected chi connectivity index (χ1v) is 10.9. The predicted octanol–water partition coefficient (Wildman–Crippen LogP) is 4.89. The Morgan fingerprint density at radius 1 is 1.06 bits per heavy atom. The first-order chi connectivity index (χ1) is 14.7. The van der Waals surface area contributed by atoms with E-state index < -0.39 is 35.5 Å². The third kappa shape index (κ3) is 5.94. The van der Waals surface area contributed by atoms with E-state index in [1.807, 2.05) is 54.6 Å². The fraction of sp³-hybridized carbons (Fsp3) is 0.375. The van der Waals surface area contributed by atoms with E-state index in [9.17, 15) is 14.4 Å². The zero-order valence-electron chi connectivity index (χ0n) is 17.8. The number of nitrogens with zero attached hydrogens (tertiary/aromatic N) is 1. The third-order valence-electron chi connectivity index (χ3n) is 4.93. The maximum absolute atomic E-state index is 13.1. The number of ether oxygens (including phenoxy) is 2. The molecule has 3 rings (SSSR count). The van der Waals surface area contributed by atoms with Crippen LogP contribution in [0.2, 0.25) is 0 Å². The van der Waals surface area contributed by atoms with Crippen molar-refractivity contribution in [3.8, 4) is 0 Å². The molecule has 0 bridgehead atoms. The molecule has 0 spiro atoms. The largest absolute Gasteiger partial charge is 0.459 e. The van der Waals surface area contributed by atoms with Crippen molar-refractivity contribution in [2.45, 2.75) is 51.9 Å². The minimum absolute atomic E-state index is 0.0612. The van der Waals surface area contributed by atoms with Crippen LogP contribution in [0, 0.1) is 5.92 Å². The highest BCUT2D eigenvalue weighted by Crippen LogP contribution is 2.33. The Bertz CT molecular complexity index is 954. The Kier molecular flexibility index (Phi) is 7.15. The molecule has 0 N–H and O–H groups in total. The van der Waals surface area contributed by atoms with E-state index in [4.69, 9.17) is 9.47 Å². The molecule has 1 heterocycles. The molecule has 1 saturated heterocycles. The van der Waals surface area contributed by atoms with Crippen LogP contribution in [0.5, 0.6) is 0 Å². The molecule has 2 amide bonds. The second-order valence-electron chi connectivity index (χ2n) is 8.54. The number of imide groups is 1. The van der Waals surface area contributed by atoms with Crippen LogP contribution < -0.4 is 0 Å². The highest BCUT2D eigenvalue weighted by Gasteiger charge is 2.49. The number of esters is 1. The summed E-state index contributed by atoms with van der Waals surface area (Å²) in [6.45, 7) is 5.21. The SMILES string of the molecule is CC(C)(C)OC(=O)N1C(=O)CC(Cc2ccccc2Br)C1C(=O)OCc1ccccc1. The van der Waals surface area contributed by atoms with Gasteiger partial charge >= 0.3 is 12.1 Å². The molecule has 0 radical (unpaired) electrons. The van der Waals surface area contributed by atoms with Crippen LogP contribution in [0.25, 0.3) is 0 Å². The molecule has 0 aromatic heterocycles. The van der Waals surface area contributed by atoms with E-state index in [-0.39, 0.29) is 13.0 Å². The molecule has 164 valence electrons. The summed E-state index contributed by atoms with van der Waals surface area (Å²) in [6.07, 6.45) is -0.322. The third-order valence-corrected chi connectivity index (χ3v) is 5.70. The second kappa shape index (κ2) is 9.64. The molecule has 7 heteroatoms. The zero-order chi connectivity index (χ0) is 22.6. The number of carbonyl (C=O) groups excluding carboxylic acids is 3. The second-order valence-corrected chi connectivity index (χ2v) is 9.40. The minimum Gasteiger partial charge on any atom is -0.459 e. The summed E-state index contributed by atoms with van der Waals surface area (Å²) in [4.78, 5) is 39.6. The summed E-state index contributed by atoms with van der Waals surface area (Å²) in [5, 5.41) is 0. The first kappa shape index (κ1) is 23.0. The van der Waals surface area contributed by atoms with Crippen LogP contribution in [0.1, 0.15) is 38.3 Å². The Morgan fingerprint density at radius 2 is 1.71 bits per heavy atom. The molecule has 0 aliphatic carbocycles. The predicted molar refractivity (Wildman–Crippen MR) is 119 cm³/mol. The lowest BCUT2D eigenvalue weighted by Crippen LogP contribution is -2.48. The lowest BCUT2D eigenvalue weighted by molar-refractivity contribution is -0.153. The van der Waals surface area contributed by atoms with E-state index in [1.54, 1.807) is 20.8 Å². The van der Waals surface area contributed by atoms with E-state index in [1.165, 1.54) is 0 Å². The van der Waals surface area contributed by atoms with Gasteiger partial charge in [0.05, 0.1) is 0 Å². The van der Waals surface area contributed by atoms with Crippen molar-refractivity contribution < 1.29 is 23.9 Å². The average Bonchev–Trinajstić information content (AvgIpc) is 3.03. The number of hydrogen-bond donors (Lipinski definition) is 0. The summed E-state index contributed by atoms with van der Waals surface area (Å²) in [5.74, 6) is -1.47. The van der Waals surface area contributed by atoms with E-state index in [2.05, 4.69) is 15.9 Å². The lowest BCUT2D eigenvalue weighted by Gasteiger charge is -2.28. The van der Waals surface area contributed by atoms with Crippen molar-refractivity contribution in [3.63, 3.8) is 0 Å². The molecule has 6 nitrogen and oxygen atoms in total. The van der Waals surface area contributed by atoms with Gasteiger partial charge in [0.25, 0.3) is 0 Å². The fourth-order valence-corrected chi connectivity index (χ4v) is 4.02. The normalized spacial score (nSPS) is 18.7. The maximum Gasteiger partial charge on any atom is 0.417 e. The maximum atomic E-state index is 13.1. The van der Waals surface area contributed by atoms with Gasteiger partial charge < -0.3 is 9.47 Å². The highest BCUT2D eigenvalue weighted by atomic mass is 79.9. The quantitative estimate of drug-likeness (QED) is 0.561. The van der Waals surface area contributed by atoms with Gasteiger partial charge in [-0.1, -0.05) is 64.5 Å². The Balaban J connectivity index is 1.84. The number of amides is 2. The number of carbonyl (C=O) groups is 3. The monoisotopic (exact) mass is 487 g/mol. The molecule has 2 aromatic carbocycles. The van der Waals surface area contributed by atoms with E-state index in [0.29, 0.717) is 6.42 Å². The molecule has 2 aromatic rings. The molecular weight excluding hydrogens is 462 g/mol. The van der Waals surface area contributed by atoms with Gasteiger partial charge in [0.2, 0.25) is 5.91 Å². The summed E-state index contributed by atoms with van der Waals surface area (Å²) in [6, 6.07) is 15.8. The lowest BCUT2D eigenvalue weighted by atomic mass is 9.92. The molecule has 1 aliphatic heterocycles. The molecule has 1 fully saturated rings. The van der Waals surface area contributed by atoms with Gasteiger partial charge in [-0.15, -0.1) is 0 Å².